The molecule has 150 valence electrons. The lowest BCUT2D eigenvalue weighted by atomic mass is 10.1. The highest BCUT2D eigenvalue weighted by molar-refractivity contribution is 6.03. The first kappa shape index (κ1) is 17.8. The molecule has 0 saturated carbocycles. The molecule has 1 atom stereocenters. The van der Waals surface area contributed by atoms with Crippen molar-refractivity contribution in [3.63, 3.8) is 0 Å². The minimum atomic E-state index is -0.560. The van der Waals surface area contributed by atoms with E-state index in [4.69, 9.17) is 0 Å². The molecule has 2 N–H and O–H groups in total. The zero-order valence-corrected chi connectivity index (χ0v) is 16.0. The summed E-state index contributed by atoms with van der Waals surface area (Å²) in [5.74, 6) is 0.0724. The summed E-state index contributed by atoms with van der Waals surface area (Å²) in [7, 11) is 0. The van der Waals surface area contributed by atoms with Crippen molar-refractivity contribution in [2.75, 3.05) is 41.3 Å². The van der Waals surface area contributed by atoms with Crippen molar-refractivity contribution in [2.24, 2.45) is 0 Å². The summed E-state index contributed by atoms with van der Waals surface area (Å²) in [6.07, 6.45) is 5.20. The molecule has 0 unspecified atom stereocenters. The van der Waals surface area contributed by atoms with E-state index >= 15 is 0 Å². The number of fused-ring (bicyclic) bond motifs is 2. The van der Waals surface area contributed by atoms with Gasteiger partial charge in [-0.15, -0.1) is 0 Å². The van der Waals surface area contributed by atoms with E-state index in [0.717, 1.165) is 37.3 Å². The number of nitrogens with zero attached hydrogens (tertiary/aromatic N) is 6. The average Bonchev–Trinajstić information content (AvgIpc) is 3.34. The fourth-order valence-corrected chi connectivity index (χ4v) is 4.03. The Morgan fingerprint density at radius 1 is 1.34 bits per heavy atom. The summed E-state index contributed by atoms with van der Waals surface area (Å²) in [6.45, 7) is 5.41. The van der Waals surface area contributed by atoms with Crippen LogP contribution >= 0.6 is 0 Å². The minimum Gasteiger partial charge on any atom is -0.368 e. The number of urea groups is 1. The van der Waals surface area contributed by atoms with Crippen molar-refractivity contribution >= 4 is 28.9 Å². The van der Waals surface area contributed by atoms with Gasteiger partial charge in [-0.2, -0.15) is 5.10 Å². The predicted molar refractivity (Wildman–Crippen MR) is 107 cm³/mol. The first-order valence-electron chi connectivity index (χ1n) is 9.64. The molecule has 5 rings (SSSR count). The zero-order valence-electron chi connectivity index (χ0n) is 16.0. The van der Waals surface area contributed by atoms with E-state index in [1.807, 2.05) is 6.07 Å². The van der Waals surface area contributed by atoms with Crippen LogP contribution in [0.2, 0.25) is 0 Å². The van der Waals surface area contributed by atoms with Gasteiger partial charge >= 0.3 is 6.03 Å². The maximum absolute atomic E-state index is 14.3. The Balaban J connectivity index is 1.40. The molecule has 0 radical (unpaired) electrons. The number of carbonyl (C=O) groups is 1. The molecule has 0 aromatic carbocycles. The van der Waals surface area contributed by atoms with Crippen LogP contribution in [-0.4, -0.2) is 57.8 Å². The summed E-state index contributed by atoms with van der Waals surface area (Å²) < 4.78 is 15.8. The number of pyridine rings is 2. The van der Waals surface area contributed by atoms with Crippen LogP contribution in [-0.2, 0) is 6.42 Å². The highest BCUT2D eigenvalue weighted by Gasteiger charge is 2.31. The molecule has 2 amide bonds. The van der Waals surface area contributed by atoms with Crippen molar-refractivity contribution < 1.29 is 9.18 Å². The zero-order chi connectivity index (χ0) is 20.0. The first-order chi connectivity index (χ1) is 14.1. The molecule has 9 nitrogen and oxygen atoms in total. The van der Waals surface area contributed by atoms with Crippen LogP contribution in [0.5, 0.6) is 0 Å². The minimum absolute atomic E-state index is 0.0496. The molecule has 1 fully saturated rings. The lowest BCUT2D eigenvalue weighted by Gasteiger charge is -2.34. The second kappa shape index (κ2) is 6.96. The van der Waals surface area contributed by atoms with E-state index in [9.17, 15) is 9.18 Å². The Labute approximate surface area is 166 Å². The van der Waals surface area contributed by atoms with Gasteiger partial charge in [0.1, 0.15) is 12.1 Å². The number of amides is 2. The average molecular weight is 396 g/mol. The maximum atomic E-state index is 14.3. The van der Waals surface area contributed by atoms with Crippen molar-refractivity contribution in [1.29, 1.82) is 0 Å². The topological polar surface area (TPSA) is 90.7 Å². The Morgan fingerprint density at radius 2 is 2.24 bits per heavy atom. The molecule has 5 heterocycles. The van der Waals surface area contributed by atoms with E-state index < -0.39 is 11.8 Å². The van der Waals surface area contributed by atoms with E-state index in [1.54, 1.807) is 11.1 Å². The van der Waals surface area contributed by atoms with Crippen LogP contribution in [0.3, 0.4) is 0 Å². The molecule has 3 aromatic heterocycles. The maximum Gasteiger partial charge on any atom is 0.327 e. The van der Waals surface area contributed by atoms with Gasteiger partial charge in [0.25, 0.3) is 0 Å². The summed E-state index contributed by atoms with van der Waals surface area (Å²) >= 11 is 0. The first-order valence-corrected chi connectivity index (χ1v) is 9.64. The van der Waals surface area contributed by atoms with E-state index in [2.05, 4.69) is 37.5 Å². The number of hydrogen-bond acceptors (Lipinski definition) is 6. The molecule has 0 aliphatic carbocycles. The third-order valence-electron chi connectivity index (χ3n) is 5.41. The summed E-state index contributed by atoms with van der Waals surface area (Å²) in [5.41, 5.74) is 2.61. The van der Waals surface area contributed by atoms with Gasteiger partial charge in [0, 0.05) is 55.7 Å². The number of piperazine rings is 1. The van der Waals surface area contributed by atoms with Crippen LogP contribution in [0.15, 0.2) is 30.9 Å². The smallest absolute Gasteiger partial charge is 0.327 e. The number of aromatic nitrogens is 4. The standard InChI is InChI=1S/C19H21FN8O/c1-12-9-26(7-5-21-12)16-2-4-22-18-13(16)3-6-27(18)19(29)25-15-10-28-17(8-14(15)20)23-11-24-28/h2,4,8,10-12,21H,3,5-7,9H2,1H3,(H,25,29)/t12-/m0/s1. The van der Waals surface area contributed by atoms with Crippen molar-refractivity contribution in [3.05, 3.63) is 42.2 Å². The van der Waals surface area contributed by atoms with Crippen molar-refractivity contribution in [2.45, 2.75) is 19.4 Å². The van der Waals surface area contributed by atoms with Crippen molar-refractivity contribution in [1.82, 2.24) is 24.9 Å². The van der Waals surface area contributed by atoms with Gasteiger partial charge in [-0.1, -0.05) is 0 Å². The Hall–Kier alpha value is -3.27. The molecule has 3 aromatic rings. The third kappa shape index (κ3) is 3.15. The van der Waals surface area contributed by atoms with Gasteiger partial charge in [-0.25, -0.2) is 23.7 Å². The number of nitrogens with one attached hydrogen (secondary N) is 2. The lowest BCUT2D eigenvalue weighted by molar-refractivity contribution is 0.257. The third-order valence-corrected chi connectivity index (χ3v) is 5.41. The van der Waals surface area contributed by atoms with Crippen molar-refractivity contribution in [3.8, 4) is 0 Å². The van der Waals surface area contributed by atoms with Gasteiger partial charge in [0.2, 0.25) is 0 Å². The molecule has 1 saturated heterocycles. The Morgan fingerprint density at radius 3 is 3.10 bits per heavy atom. The lowest BCUT2D eigenvalue weighted by Crippen LogP contribution is -2.49. The van der Waals surface area contributed by atoms with Gasteiger partial charge in [0.15, 0.2) is 11.5 Å². The molecule has 0 spiro atoms. The van der Waals surface area contributed by atoms with Gasteiger partial charge < -0.3 is 15.5 Å². The molecule has 2 aliphatic heterocycles. The van der Waals surface area contributed by atoms with E-state index in [1.165, 1.54) is 23.1 Å². The second-order valence-corrected chi connectivity index (χ2v) is 7.36. The number of rotatable bonds is 2. The SMILES string of the molecule is C[C@H]1CN(c2ccnc3c2CCN3C(=O)Nc2cn3ncnc3cc2F)CCN1. The van der Waals surface area contributed by atoms with Gasteiger partial charge in [0.05, 0.1) is 11.9 Å². The molecule has 29 heavy (non-hydrogen) atoms. The molecular weight excluding hydrogens is 375 g/mol. The van der Waals surface area contributed by atoms with E-state index in [0.29, 0.717) is 24.1 Å². The largest absolute Gasteiger partial charge is 0.368 e. The highest BCUT2D eigenvalue weighted by Crippen LogP contribution is 2.34. The number of halogens is 1. The van der Waals surface area contributed by atoms with Crippen LogP contribution in [0.25, 0.3) is 5.65 Å². The van der Waals surface area contributed by atoms with Crippen LogP contribution in [0, 0.1) is 5.82 Å². The Kier molecular flexibility index (Phi) is 4.27. The van der Waals surface area contributed by atoms with Gasteiger partial charge in [-0.3, -0.25) is 4.90 Å². The van der Waals surface area contributed by atoms with Crippen LogP contribution in [0.1, 0.15) is 12.5 Å². The highest BCUT2D eigenvalue weighted by atomic mass is 19.1. The quantitative estimate of drug-likeness (QED) is 0.685. The number of hydrogen-bond donors (Lipinski definition) is 2. The molecular formula is C19H21FN8O. The molecule has 0 bridgehead atoms. The molecule has 2 aliphatic rings. The summed E-state index contributed by atoms with van der Waals surface area (Å²) in [4.78, 5) is 25.2. The van der Waals surface area contributed by atoms with Crippen LogP contribution < -0.4 is 20.4 Å². The number of carbonyl (C=O) groups excluding carboxylic acids is 1. The second-order valence-electron chi connectivity index (χ2n) is 7.36. The summed E-state index contributed by atoms with van der Waals surface area (Å²) in [6, 6.07) is 3.24. The monoisotopic (exact) mass is 396 g/mol. The van der Waals surface area contributed by atoms with E-state index in [-0.39, 0.29) is 5.69 Å². The fraction of sp³-hybridized carbons (Fsp3) is 0.368. The number of anilines is 3. The summed E-state index contributed by atoms with van der Waals surface area (Å²) in [5, 5.41) is 10.1. The van der Waals surface area contributed by atoms with Gasteiger partial charge in [-0.05, 0) is 19.4 Å². The van der Waals surface area contributed by atoms with Crippen LogP contribution in [0.4, 0.5) is 26.4 Å². The normalized spacial score (nSPS) is 18.9. The predicted octanol–water partition coefficient (Wildman–Crippen LogP) is 1.66. The molecule has 10 heteroatoms. The Bertz CT molecular complexity index is 1080. The fourth-order valence-electron chi connectivity index (χ4n) is 4.03.